The number of fused-ring (bicyclic) bond motifs is 1. The third-order valence-electron chi connectivity index (χ3n) is 7.32. The molecule has 0 saturated heterocycles. The first kappa shape index (κ1) is 36.1. The van der Waals surface area contributed by atoms with Crippen molar-refractivity contribution in [2.45, 2.75) is 13.8 Å². The van der Waals surface area contributed by atoms with E-state index in [2.05, 4.69) is 66.2 Å². The van der Waals surface area contributed by atoms with Gasteiger partial charge in [-0.15, -0.1) is 0 Å². The molecule has 19 heteroatoms. The number of carbonyl (C=O) groups excluding carboxylic acids is 1. The number of rotatable bonds is 9. The predicted molar refractivity (Wildman–Crippen MR) is 204 cm³/mol. The van der Waals surface area contributed by atoms with E-state index in [0.717, 1.165) is 11.0 Å². The van der Waals surface area contributed by atoms with E-state index < -0.39 is 11.5 Å². The summed E-state index contributed by atoms with van der Waals surface area (Å²) in [7, 11) is 0. The molecule has 0 saturated carbocycles. The molecule has 7 rings (SSSR count). The van der Waals surface area contributed by atoms with Gasteiger partial charge in [-0.3, -0.25) is 14.4 Å². The van der Waals surface area contributed by atoms with Gasteiger partial charge < -0.3 is 26.7 Å². The topological polar surface area (TPSA) is 251 Å². The number of hydrogen-bond donors (Lipinski definition) is 7. The maximum Gasteiger partial charge on any atom is 0.277 e. The van der Waals surface area contributed by atoms with E-state index in [9.17, 15) is 14.4 Å². The van der Waals surface area contributed by atoms with Gasteiger partial charge in [-0.1, -0.05) is 23.2 Å². The molecule has 53 heavy (non-hydrogen) atoms. The van der Waals surface area contributed by atoms with Crippen molar-refractivity contribution < 1.29 is 4.79 Å². The van der Waals surface area contributed by atoms with Crippen LogP contribution in [-0.4, -0.2) is 69.3 Å². The van der Waals surface area contributed by atoms with Gasteiger partial charge in [0, 0.05) is 35.5 Å². The fourth-order valence-electron chi connectivity index (χ4n) is 4.85. The third-order valence-corrected chi connectivity index (χ3v) is 7.79. The summed E-state index contributed by atoms with van der Waals surface area (Å²) in [6.07, 6.45) is 3.19. The molecule has 0 aliphatic carbocycles. The minimum absolute atomic E-state index is 0.127. The zero-order valence-electron chi connectivity index (χ0n) is 28.0. The molecule has 0 atom stereocenters. The number of carbonyl (C=O) groups is 1. The van der Waals surface area contributed by atoms with Gasteiger partial charge in [0.25, 0.3) is 17.0 Å². The molecule has 5 heterocycles. The summed E-state index contributed by atoms with van der Waals surface area (Å²) in [4.78, 5) is 61.3. The Morgan fingerprint density at radius 2 is 1.34 bits per heavy atom. The number of anilines is 4. The summed E-state index contributed by atoms with van der Waals surface area (Å²) in [6, 6.07) is 16.3. The fourth-order valence-corrected chi connectivity index (χ4v) is 5.21. The Kier molecular flexibility index (Phi) is 11.0. The number of amides is 1. The van der Waals surface area contributed by atoms with E-state index in [1.54, 1.807) is 60.9 Å². The molecule has 0 bridgehead atoms. The molecule has 0 radical (unpaired) electrons. The number of nitrogen functional groups attached to an aromatic ring is 1. The standard InChI is InChI=1S/C17H16ClN7O2.C17H14ClN7O/c1-2-20-17-21-6-5-13(23-17)14-8-10(16(27)25-24-14)15(26)22-12-4-3-9(18)7-11(12)19;1-2-19-17-20-6-5-12(23-17)14-8-10(16(26)25-24-14)15-21-11-4-3-9(18)7-13(11)22-15/h3-8H,2,19H2,1H3,(H,22,26)(H,25,27)(H,20,21,23);3-8H,2H2,1H3,(H,21,22)(H,25,26)(H,19,20,23). The van der Waals surface area contributed by atoms with Gasteiger partial charge in [-0.25, -0.2) is 35.1 Å². The van der Waals surface area contributed by atoms with Crippen LogP contribution < -0.4 is 32.8 Å². The van der Waals surface area contributed by atoms with Crippen molar-refractivity contribution in [2.75, 3.05) is 34.8 Å². The Morgan fingerprint density at radius 3 is 1.98 bits per heavy atom. The zero-order valence-corrected chi connectivity index (χ0v) is 29.5. The summed E-state index contributed by atoms with van der Waals surface area (Å²) in [5.74, 6) is 0.726. The van der Waals surface area contributed by atoms with E-state index in [1.807, 2.05) is 13.8 Å². The van der Waals surface area contributed by atoms with E-state index in [1.165, 1.54) is 12.1 Å². The van der Waals surface area contributed by atoms with Crippen LogP contribution in [0.25, 0.3) is 45.2 Å². The first-order chi connectivity index (χ1) is 25.6. The van der Waals surface area contributed by atoms with Crippen LogP contribution in [0, 0.1) is 0 Å². The monoisotopic (exact) mass is 752 g/mol. The second-order valence-electron chi connectivity index (χ2n) is 11.0. The largest absolute Gasteiger partial charge is 0.397 e. The summed E-state index contributed by atoms with van der Waals surface area (Å²) in [6.45, 7) is 5.23. The molecular weight excluding hydrogens is 723 g/mol. The van der Waals surface area contributed by atoms with Crippen molar-refractivity contribution in [1.82, 2.24) is 50.3 Å². The van der Waals surface area contributed by atoms with Crippen molar-refractivity contribution in [3.63, 3.8) is 0 Å². The average molecular weight is 754 g/mol. The zero-order chi connectivity index (χ0) is 37.5. The third kappa shape index (κ3) is 8.61. The van der Waals surface area contributed by atoms with E-state index in [-0.39, 0.29) is 16.8 Å². The number of H-pyrrole nitrogens is 3. The number of nitrogens with zero attached hydrogens (tertiary/aromatic N) is 7. The molecule has 7 aromatic rings. The number of aromatic nitrogens is 10. The van der Waals surface area contributed by atoms with Gasteiger partial charge in [0.2, 0.25) is 11.9 Å². The highest BCUT2D eigenvalue weighted by Crippen LogP contribution is 2.25. The van der Waals surface area contributed by atoms with Gasteiger partial charge in [0.05, 0.1) is 39.4 Å². The lowest BCUT2D eigenvalue weighted by atomic mass is 10.2. The smallest absolute Gasteiger partial charge is 0.277 e. The molecule has 0 spiro atoms. The van der Waals surface area contributed by atoms with Crippen LogP contribution in [0.5, 0.6) is 0 Å². The van der Waals surface area contributed by atoms with E-state index in [4.69, 9.17) is 28.9 Å². The van der Waals surface area contributed by atoms with Crippen molar-refractivity contribution in [3.8, 4) is 34.2 Å². The SMILES string of the molecule is CCNc1nccc(-c2cc(-c3nc4ccc(Cl)cc4[nH]3)c(=O)[nH]n2)n1.CCNc1nccc(-c2cc(C(=O)Nc3ccc(Cl)cc3N)c(=O)[nH]n2)n1. The lowest BCUT2D eigenvalue weighted by Crippen LogP contribution is -2.24. The molecule has 2 aromatic carbocycles. The van der Waals surface area contributed by atoms with Crippen molar-refractivity contribution in [1.29, 1.82) is 0 Å². The summed E-state index contributed by atoms with van der Waals surface area (Å²) >= 11 is 11.9. The molecule has 8 N–H and O–H groups in total. The number of halogens is 2. The first-order valence-electron chi connectivity index (χ1n) is 16.0. The van der Waals surface area contributed by atoms with Crippen LogP contribution >= 0.6 is 23.2 Å². The number of nitrogens with one attached hydrogen (secondary N) is 6. The van der Waals surface area contributed by atoms with Crippen molar-refractivity contribution >= 4 is 63.4 Å². The molecule has 0 aliphatic heterocycles. The Morgan fingerprint density at radius 1 is 0.736 bits per heavy atom. The quantitative estimate of drug-likeness (QED) is 0.0960. The maximum absolute atomic E-state index is 12.5. The van der Waals surface area contributed by atoms with Crippen LogP contribution in [0.15, 0.2) is 82.6 Å². The molecule has 0 fully saturated rings. The first-order valence-corrected chi connectivity index (χ1v) is 16.7. The van der Waals surface area contributed by atoms with Gasteiger partial charge >= 0.3 is 0 Å². The summed E-state index contributed by atoms with van der Waals surface area (Å²) < 4.78 is 0. The summed E-state index contributed by atoms with van der Waals surface area (Å²) in [5.41, 5.74) is 9.08. The van der Waals surface area contributed by atoms with Crippen molar-refractivity contribution in [3.05, 3.63) is 109 Å². The van der Waals surface area contributed by atoms with Crippen molar-refractivity contribution in [2.24, 2.45) is 0 Å². The molecule has 0 aliphatic rings. The van der Waals surface area contributed by atoms with Crippen LogP contribution in [0.3, 0.4) is 0 Å². The molecular formula is C34H30Cl2N14O3. The second kappa shape index (κ2) is 16.1. The number of benzene rings is 2. The highest BCUT2D eigenvalue weighted by atomic mass is 35.5. The fraction of sp³-hybridized carbons (Fsp3) is 0.118. The van der Waals surface area contributed by atoms with E-state index >= 15 is 0 Å². The number of nitrogens with two attached hydrogens (primary N) is 1. The van der Waals surface area contributed by atoms with Crippen LogP contribution in [0.2, 0.25) is 10.0 Å². The molecule has 0 unspecified atom stereocenters. The molecule has 17 nitrogen and oxygen atoms in total. The summed E-state index contributed by atoms with van der Waals surface area (Å²) in [5, 5.41) is 22.5. The Hall–Kier alpha value is -6.72. The van der Waals surface area contributed by atoms with Gasteiger partial charge in [-0.05, 0) is 74.5 Å². The predicted octanol–water partition coefficient (Wildman–Crippen LogP) is 5.00. The minimum Gasteiger partial charge on any atom is -0.397 e. The normalized spacial score (nSPS) is 10.7. The number of hydrogen-bond acceptors (Lipinski definition) is 13. The van der Waals surface area contributed by atoms with E-state index in [0.29, 0.717) is 74.9 Å². The minimum atomic E-state index is -0.634. The Labute approximate surface area is 309 Å². The maximum atomic E-state index is 12.5. The van der Waals surface area contributed by atoms with Crippen LogP contribution in [-0.2, 0) is 0 Å². The van der Waals surface area contributed by atoms with Gasteiger partial charge in [0.15, 0.2) is 0 Å². The molecule has 268 valence electrons. The van der Waals surface area contributed by atoms with Gasteiger partial charge in [-0.2, -0.15) is 10.2 Å². The van der Waals surface area contributed by atoms with Crippen LogP contribution in [0.1, 0.15) is 24.2 Å². The van der Waals surface area contributed by atoms with Crippen LogP contribution in [0.4, 0.5) is 23.3 Å². The number of aromatic amines is 3. The molecule has 1 amide bonds. The highest BCUT2D eigenvalue weighted by Gasteiger charge is 2.16. The Balaban J connectivity index is 0.000000181. The second-order valence-corrected chi connectivity index (χ2v) is 11.9. The lowest BCUT2D eigenvalue weighted by molar-refractivity contribution is 0.102. The van der Waals surface area contributed by atoms with Gasteiger partial charge in [0.1, 0.15) is 22.8 Å². The number of imidazole rings is 1. The lowest BCUT2D eigenvalue weighted by Gasteiger charge is -2.09. The highest BCUT2D eigenvalue weighted by molar-refractivity contribution is 6.31. The Bertz CT molecular complexity index is 2550. The molecule has 5 aromatic heterocycles. The average Bonchev–Trinajstić information content (AvgIpc) is 3.57.